The van der Waals surface area contributed by atoms with E-state index in [4.69, 9.17) is 0 Å². The highest BCUT2D eigenvalue weighted by atomic mass is 127. The van der Waals surface area contributed by atoms with Crippen molar-refractivity contribution in [2.24, 2.45) is 5.92 Å². The standard InChI is InChI=1S/C16H16INOS/c1-10-2-7-14-11(8-10)9-15(20-14)16(19)18-13-5-3-12(17)4-6-13/h3-6,9-10H,2,7-8H2,1H3,(H,18,19)/t10-/m1/s1. The maximum atomic E-state index is 12.3. The lowest BCUT2D eigenvalue weighted by Gasteiger charge is -2.16. The summed E-state index contributed by atoms with van der Waals surface area (Å²) in [7, 11) is 0. The van der Waals surface area contributed by atoms with Crippen LogP contribution in [0.25, 0.3) is 0 Å². The summed E-state index contributed by atoms with van der Waals surface area (Å²) in [6.45, 7) is 2.28. The molecule has 0 fully saturated rings. The van der Waals surface area contributed by atoms with Gasteiger partial charge < -0.3 is 5.32 Å². The number of carbonyl (C=O) groups is 1. The van der Waals surface area contributed by atoms with E-state index >= 15 is 0 Å². The first-order chi connectivity index (χ1) is 9.61. The average Bonchev–Trinajstić information content (AvgIpc) is 2.84. The molecular weight excluding hydrogens is 381 g/mol. The number of aryl methyl sites for hydroxylation is 1. The summed E-state index contributed by atoms with van der Waals surface area (Å²) in [5, 5.41) is 2.97. The van der Waals surface area contributed by atoms with E-state index in [1.807, 2.05) is 24.3 Å². The number of amides is 1. The Morgan fingerprint density at radius 3 is 2.85 bits per heavy atom. The van der Waals surface area contributed by atoms with Crippen molar-refractivity contribution in [3.63, 3.8) is 0 Å². The average molecular weight is 397 g/mol. The van der Waals surface area contributed by atoms with Crippen molar-refractivity contribution in [3.8, 4) is 0 Å². The first-order valence-corrected chi connectivity index (χ1v) is 8.70. The molecule has 1 aliphatic rings. The van der Waals surface area contributed by atoms with Crippen molar-refractivity contribution in [2.45, 2.75) is 26.2 Å². The molecule has 1 aromatic carbocycles. The molecule has 20 heavy (non-hydrogen) atoms. The highest BCUT2D eigenvalue weighted by Crippen LogP contribution is 2.32. The Labute approximate surface area is 136 Å². The third kappa shape index (κ3) is 3.06. The van der Waals surface area contributed by atoms with Crippen molar-refractivity contribution in [3.05, 3.63) is 49.2 Å². The monoisotopic (exact) mass is 397 g/mol. The molecule has 1 N–H and O–H groups in total. The zero-order valence-electron chi connectivity index (χ0n) is 11.3. The number of fused-ring (bicyclic) bond motifs is 1. The molecule has 1 aliphatic carbocycles. The molecule has 1 amide bonds. The zero-order valence-corrected chi connectivity index (χ0v) is 14.3. The predicted octanol–water partition coefficient (Wildman–Crippen LogP) is 4.73. The minimum Gasteiger partial charge on any atom is -0.321 e. The Hall–Kier alpha value is -0.880. The fourth-order valence-electron chi connectivity index (χ4n) is 2.54. The summed E-state index contributed by atoms with van der Waals surface area (Å²) in [5.41, 5.74) is 2.23. The molecule has 0 radical (unpaired) electrons. The van der Waals surface area contributed by atoms with Crippen LogP contribution in [0.5, 0.6) is 0 Å². The number of thiophene rings is 1. The van der Waals surface area contributed by atoms with Crippen LogP contribution in [0.4, 0.5) is 5.69 Å². The number of benzene rings is 1. The van der Waals surface area contributed by atoms with Crippen molar-refractivity contribution >= 4 is 45.5 Å². The number of hydrogen-bond acceptors (Lipinski definition) is 2. The first-order valence-electron chi connectivity index (χ1n) is 6.80. The lowest BCUT2D eigenvalue weighted by molar-refractivity contribution is 0.103. The summed E-state index contributed by atoms with van der Waals surface area (Å²) in [6.07, 6.45) is 3.48. The van der Waals surface area contributed by atoms with Crippen LogP contribution in [0.2, 0.25) is 0 Å². The van der Waals surface area contributed by atoms with Gasteiger partial charge in [0.1, 0.15) is 0 Å². The molecule has 0 bridgehead atoms. The molecule has 1 atom stereocenters. The van der Waals surface area contributed by atoms with Gasteiger partial charge in [-0.1, -0.05) is 6.92 Å². The van der Waals surface area contributed by atoms with Crippen LogP contribution in [0.15, 0.2) is 30.3 Å². The van der Waals surface area contributed by atoms with E-state index in [1.165, 1.54) is 20.4 Å². The van der Waals surface area contributed by atoms with Crippen molar-refractivity contribution in [1.29, 1.82) is 0 Å². The summed E-state index contributed by atoms with van der Waals surface area (Å²) in [6, 6.07) is 9.96. The minimum atomic E-state index is 0.0123. The SMILES string of the molecule is C[C@@H]1CCc2sc(C(=O)Nc3ccc(I)cc3)cc2C1. The van der Waals surface area contributed by atoms with Crippen LogP contribution in [-0.4, -0.2) is 5.91 Å². The van der Waals surface area contributed by atoms with Crippen molar-refractivity contribution < 1.29 is 4.79 Å². The summed E-state index contributed by atoms with van der Waals surface area (Å²) in [4.78, 5) is 14.5. The normalized spacial score (nSPS) is 17.6. The third-order valence-corrected chi connectivity index (χ3v) is 5.61. The second-order valence-corrected chi connectivity index (χ2v) is 7.75. The van der Waals surface area contributed by atoms with E-state index in [2.05, 4.69) is 40.9 Å². The van der Waals surface area contributed by atoms with Gasteiger partial charge in [-0.2, -0.15) is 0 Å². The molecule has 2 aromatic rings. The van der Waals surface area contributed by atoms with Gasteiger partial charge in [-0.05, 0) is 83.7 Å². The quantitative estimate of drug-likeness (QED) is 0.730. The van der Waals surface area contributed by atoms with Gasteiger partial charge in [0, 0.05) is 14.1 Å². The summed E-state index contributed by atoms with van der Waals surface area (Å²) in [5.74, 6) is 0.752. The Morgan fingerprint density at radius 2 is 2.10 bits per heavy atom. The van der Waals surface area contributed by atoms with Crippen molar-refractivity contribution in [1.82, 2.24) is 0 Å². The summed E-state index contributed by atoms with van der Waals surface area (Å²) >= 11 is 3.91. The molecule has 0 unspecified atom stereocenters. The Balaban J connectivity index is 1.76. The maximum Gasteiger partial charge on any atom is 0.265 e. The van der Waals surface area contributed by atoms with Crippen LogP contribution in [0.1, 0.15) is 33.5 Å². The molecule has 3 rings (SSSR count). The number of halogens is 1. The van der Waals surface area contributed by atoms with Gasteiger partial charge in [-0.3, -0.25) is 4.79 Å². The van der Waals surface area contributed by atoms with Crippen LogP contribution < -0.4 is 5.32 Å². The molecular formula is C16H16INOS. The Morgan fingerprint density at radius 1 is 1.35 bits per heavy atom. The van der Waals surface area contributed by atoms with E-state index in [1.54, 1.807) is 11.3 Å². The number of hydrogen-bond donors (Lipinski definition) is 1. The summed E-state index contributed by atoms with van der Waals surface area (Å²) < 4.78 is 1.17. The first kappa shape index (κ1) is 14.1. The van der Waals surface area contributed by atoms with Gasteiger partial charge in [0.15, 0.2) is 0 Å². The molecule has 0 saturated carbocycles. The lowest BCUT2D eigenvalue weighted by atomic mass is 9.90. The van der Waals surface area contributed by atoms with Gasteiger partial charge >= 0.3 is 0 Å². The molecule has 1 heterocycles. The molecule has 2 nitrogen and oxygen atoms in total. The zero-order chi connectivity index (χ0) is 14.1. The Kier molecular flexibility index (Phi) is 4.12. The fourth-order valence-corrected chi connectivity index (χ4v) is 4.01. The second kappa shape index (κ2) is 5.85. The van der Waals surface area contributed by atoms with E-state index < -0.39 is 0 Å². The predicted molar refractivity (Wildman–Crippen MR) is 92.6 cm³/mol. The molecule has 0 aliphatic heterocycles. The van der Waals surface area contributed by atoms with Crippen LogP contribution in [-0.2, 0) is 12.8 Å². The highest BCUT2D eigenvalue weighted by molar-refractivity contribution is 14.1. The minimum absolute atomic E-state index is 0.0123. The van der Waals surface area contributed by atoms with Gasteiger partial charge in [-0.25, -0.2) is 0 Å². The third-order valence-electron chi connectivity index (χ3n) is 3.66. The van der Waals surface area contributed by atoms with Gasteiger partial charge in [-0.15, -0.1) is 11.3 Å². The molecule has 1 aromatic heterocycles. The maximum absolute atomic E-state index is 12.3. The van der Waals surface area contributed by atoms with Gasteiger partial charge in [0.05, 0.1) is 4.88 Å². The van der Waals surface area contributed by atoms with Crippen LogP contribution >= 0.6 is 33.9 Å². The van der Waals surface area contributed by atoms with E-state index in [0.29, 0.717) is 0 Å². The number of carbonyl (C=O) groups excluding carboxylic acids is 1. The van der Waals surface area contributed by atoms with E-state index in [0.717, 1.165) is 29.3 Å². The van der Waals surface area contributed by atoms with Crippen LogP contribution in [0.3, 0.4) is 0 Å². The molecule has 104 valence electrons. The number of nitrogens with one attached hydrogen (secondary N) is 1. The smallest absolute Gasteiger partial charge is 0.265 e. The molecule has 0 spiro atoms. The largest absolute Gasteiger partial charge is 0.321 e. The molecule has 4 heteroatoms. The lowest BCUT2D eigenvalue weighted by Crippen LogP contribution is -2.10. The second-order valence-electron chi connectivity index (χ2n) is 5.37. The molecule has 0 saturated heterocycles. The van der Waals surface area contributed by atoms with Gasteiger partial charge in [0.2, 0.25) is 0 Å². The Bertz CT molecular complexity index is 632. The number of rotatable bonds is 2. The highest BCUT2D eigenvalue weighted by Gasteiger charge is 2.20. The fraction of sp³-hybridized carbons (Fsp3) is 0.312. The van der Waals surface area contributed by atoms with E-state index in [9.17, 15) is 4.79 Å². The van der Waals surface area contributed by atoms with E-state index in [-0.39, 0.29) is 5.91 Å². The number of anilines is 1. The van der Waals surface area contributed by atoms with Gasteiger partial charge in [0.25, 0.3) is 5.91 Å². The van der Waals surface area contributed by atoms with Crippen molar-refractivity contribution in [2.75, 3.05) is 5.32 Å². The van der Waals surface area contributed by atoms with Crippen LogP contribution in [0, 0.1) is 9.49 Å². The topological polar surface area (TPSA) is 29.1 Å².